The first kappa shape index (κ1) is 15.9. The summed E-state index contributed by atoms with van der Waals surface area (Å²) in [4.78, 5) is 4.26. The predicted octanol–water partition coefficient (Wildman–Crippen LogP) is 2.45. The fourth-order valence-corrected chi connectivity index (χ4v) is 3.04. The Morgan fingerprint density at radius 1 is 1.33 bits per heavy atom. The molecule has 0 saturated heterocycles. The van der Waals surface area contributed by atoms with Gasteiger partial charge in [0.1, 0.15) is 0 Å². The Morgan fingerprint density at radius 3 is 2.81 bits per heavy atom. The molecule has 1 aromatic heterocycles. The van der Waals surface area contributed by atoms with Gasteiger partial charge in [0, 0.05) is 38.9 Å². The smallest absolute Gasteiger partial charge is 0.191 e. The van der Waals surface area contributed by atoms with Crippen molar-refractivity contribution in [1.82, 2.24) is 20.4 Å². The molecule has 1 aromatic rings. The molecule has 1 aliphatic rings. The van der Waals surface area contributed by atoms with Gasteiger partial charge in [-0.3, -0.25) is 9.67 Å². The van der Waals surface area contributed by atoms with Crippen molar-refractivity contribution in [2.24, 2.45) is 18.0 Å². The third kappa shape index (κ3) is 5.78. The first-order chi connectivity index (χ1) is 10.3. The minimum atomic E-state index is 0.760. The Hall–Kier alpha value is -1.52. The van der Waals surface area contributed by atoms with Crippen molar-refractivity contribution in [1.29, 1.82) is 0 Å². The van der Waals surface area contributed by atoms with E-state index in [2.05, 4.69) is 20.7 Å². The molecule has 2 N–H and O–H groups in total. The second kappa shape index (κ2) is 8.70. The van der Waals surface area contributed by atoms with Crippen LogP contribution in [0.25, 0.3) is 0 Å². The highest BCUT2D eigenvalue weighted by Crippen LogP contribution is 2.26. The Bertz CT molecular complexity index is 432. The molecule has 1 heterocycles. The van der Waals surface area contributed by atoms with Crippen molar-refractivity contribution in [2.45, 2.75) is 51.5 Å². The van der Waals surface area contributed by atoms with Gasteiger partial charge in [-0.25, -0.2) is 0 Å². The molecule has 0 radical (unpaired) electrons. The molecular weight excluding hydrogens is 262 g/mol. The van der Waals surface area contributed by atoms with E-state index < -0.39 is 0 Å². The lowest BCUT2D eigenvalue weighted by Gasteiger charge is -2.21. The molecule has 0 unspecified atom stereocenters. The number of rotatable bonds is 6. The number of aliphatic imine (C=N–C) groups is 1. The zero-order valence-corrected chi connectivity index (χ0v) is 13.4. The van der Waals surface area contributed by atoms with Crippen LogP contribution in [0.1, 0.15) is 50.5 Å². The van der Waals surface area contributed by atoms with Crippen LogP contribution in [-0.2, 0) is 13.6 Å². The first-order valence-corrected chi connectivity index (χ1v) is 8.20. The highest BCUT2D eigenvalue weighted by Gasteiger charge is 2.12. The van der Waals surface area contributed by atoms with Crippen molar-refractivity contribution < 1.29 is 0 Å². The second-order valence-electron chi connectivity index (χ2n) is 6.02. The molecule has 1 fully saturated rings. The van der Waals surface area contributed by atoms with Gasteiger partial charge in [0.2, 0.25) is 0 Å². The molecule has 118 valence electrons. The van der Waals surface area contributed by atoms with Crippen molar-refractivity contribution in [2.75, 3.05) is 13.6 Å². The fourth-order valence-electron chi connectivity index (χ4n) is 3.04. The summed E-state index contributed by atoms with van der Waals surface area (Å²) in [6.45, 7) is 1.76. The third-order valence-corrected chi connectivity index (χ3v) is 4.25. The highest BCUT2D eigenvalue weighted by molar-refractivity contribution is 5.79. The Morgan fingerprint density at radius 2 is 2.14 bits per heavy atom. The molecule has 0 aromatic carbocycles. The number of guanidine groups is 1. The summed E-state index contributed by atoms with van der Waals surface area (Å²) >= 11 is 0. The van der Waals surface area contributed by atoms with E-state index in [1.165, 1.54) is 50.5 Å². The minimum absolute atomic E-state index is 0.760. The average Bonchev–Trinajstić information content (AvgIpc) is 2.93. The van der Waals surface area contributed by atoms with Crippen LogP contribution >= 0.6 is 0 Å². The molecule has 0 atom stereocenters. The van der Waals surface area contributed by atoms with Gasteiger partial charge in [-0.05, 0) is 18.8 Å². The van der Waals surface area contributed by atoms with Crippen molar-refractivity contribution in [3.8, 4) is 0 Å². The number of hydrogen-bond acceptors (Lipinski definition) is 2. The van der Waals surface area contributed by atoms with Gasteiger partial charge in [-0.15, -0.1) is 0 Å². The van der Waals surface area contributed by atoms with Crippen molar-refractivity contribution in [3.63, 3.8) is 0 Å². The Balaban J connectivity index is 1.59. The number of hydrogen-bond donors (Lipinski definition) is 2. The predicted molar refractivity (Wildman–Crippen MR) is 87.2 cm³/mol. The van der Waals surface area contributed by atoms with E-state index >= 15 is 0 Å². The lowest BCUT2D eigenvalue weighted by Crippen LogP contribution is -2.37. The quantitative estimate of drug-likeness (QED) is 0.481. The molecule has 5 nitrogen and oxygen atoms in total. The summed E-state index contributed by atoms with van der Waals surface area (Å²) in [6, 6.07) is 0. The van der Waals surface area contributed by atoms with Crippen LogP contribution < -0.4 is 10.6 Å². The van der Waals surface area contributed by atoms with Gasteiger partial charge < -0.3 is 10.6 Å². The van der Waals surface area contributed by atoms with E-state index in [0.717, 1.165) is 25.0 Å². The number of aryl methyl sites for hydroxylation is 1. The zero-order chi connectivity index (χ0) is 14.9. The van der Waals surface area contributed by atoms with Crippen LogP contribution in [0, 0.1) is 5.92 Å². The van der Waals surface area contributed by atoms with Gasteiger partial charge in [-0.1, -0.05) is 32.1 Å². The van der Waals surface area contributed by atoms with E-state index in [1.807, 2.05) is 31.2 Å². The molecule has 0 bridgehead atoms. The number of nitrogens with zero attached hydrogens (tertiary/aromatic N) is 3. The van der Waals surface area contributed by atoms with E-state index in [1.54, 1.807) is 0 Å². The largest absolute Gasteiger partial charge is 0.356 e. The first-order valence-electron chi connectivity index (χ1n) is 8.20. The zero-order valence-electron chi connectivity index (χ0n) is 13.4. The van der Waals surface area contributed by atoms with Crippen LogP contribution in [0.15, 0.2) is 17.4 Å². The molecule has 2 rings (SSSR count). The average molecular weight is 291 g/mol. The van der Waals surface area contributed by atoms with Gasteiger partial charge in [-0.2, -0.15) is 5.10 Å². The summed E-state index contributed by atoms with van der Waals surface area (Å²) in [6.07, 6.45) is 13.7. The summed E-state index contributed by atoms with van der Waals surface area (Å²) in [5, 5.41) is 10.9. The van der Waals surface area contributed by atoms with Crippen LogP contribution in [0.2, 0.25) is 0 Å². The third-order valence-electron chi connectivity index (χ3n) is 4.25. The standard InChI is InChI=1S/C16H29N5/c1-17-16(19-11-15-12-20-21(2)13-15)18-10-6-9-14-7-4-3-5-8-14/h12-14H,3-11H2,1-2H3,(H2,17,18,19). The normalized spacial score (nSPS) is 17.0. The summed E-state index contributed by atoms with van der Waals surface area (Å²) in [5.74, 6) is 1.84. The maximum Gasteiger partial charge on any atom is 0.191 e. The van der Waals surface area contributed by atoms with Crippen LogP contribution in [0.5, 0.6) is 0 Å². The summed E-state index contributed by atoms with van der Waals surface area (Å²) < 4.78 is 1.82. The van der Waals surface area contributed by atoms with Crippen molar-refractivity contribution >= 4 is 5.96 Å². The lowest BCUT2D eigenvalue weighted by atomic mass is 9.86. The molecular formula is C16H29N5. The minimum Gasteiger partial charge on any atom is -0.356 e. The van der Waals surface area contributed by atoms with Gasteiger partial charge in [0.05, 0.1) is 6.20 Å². The van der Waals surface area contributed by atoms with Crippen molar-refractivity contribution in [3.05, 3.63) is 18.0 Å². The van der Waals surface area contributed by atoms with Gasteiger partial charge in [0.25, 0.3) is 0 Å². The SMILES string of the molecule is CN=C(NCCCC1CCCCC1)NCc1cnn(C)c1. The molecule has 21 heavy (non-hydrogen) atoms. The van der Waals surface area contributed by atoms with Gasteiger partial charge >= 0.3 is 0 Å². The molecule has 1 saturated carbocycles. The van der Waals surface area contributed by atoms with E-state index in [9.17, 15) is 0 Å². The van der Waals surface area contributed by atoms with E-state index in [0.29, 0.717) is 0 Å². The Labute approximate surface area is 128 Å². The monoisotopic (exact) mass is 291 g/mol. The molecule has 1 aliphatic carbocycles. The molecule has 5 heteroatoms. The van der Waals surface area contributed by atoms with Crippen LogP contribution in [0.4, 0.5) is 0 Å². The maximum absolute atomic E-state index is 4.26. The summed E-state index contributed by atoms with van der Waals surface area (Å²) in [5.41, 5.74) is 1.17. The molecule has 0 spiro atoms. The second-order valence-corrected chi connectivity index (χ2v) is 6.02. The summed E-state index contributed by atoms with van der Waals surface area (Å²) in [7, 11) is 3.75. The van der Waals surface area contributed by atoms with Crippen LogP contribution in [0.3, 0.4) is 0 Å². The highest BCUT2D eigenvalue weighted by atomic mass is 15.2. The number of aromatic nitrogens is 2. The van der Waals surface area contributed by atoms with Crippen LogP contribution in [-0.4, -0.2) is 29.3 Å². The lowest BCUT2D eigenvalue weighted by molar-refractivity contribution is 0.332. The maximum atomic E-state index is 4.26. The Kier molecular flexibility index (Phi) is 6.57. The fraction of sp³-hybridized carbons (Fsp3) is 0.750. The van der Waals surface area contributed by atoms with Gasteiger partial charge in [0.15, 0.2) is 5.96 Å². The number of nitrogens with one attached hydrogen (secondary N) is 2. The van der Waals surface area contributed by atoms with E-state index in [-0.39, 0.29) is 0 Å². The topological polar surface area (TPSA) is 54.2 Å². The van der Waals surface area contributed by atoms with E-state index in [4.69, 9.17) is 0 Å². The molecule has 0 aliphatic heterocycles. The molecule has 0 amide bonds.